The van der Waals surface area contributed by atoms with Crippen LogP contribution in [0.3, 0.4) is 0 Å². The number of ether oxygens (including phenoxy) is 1. The molecule has 0 saturated heterocycles. The largest absolute Gasteiger partial charge is 1.00 e. The summed E-state index contributed by atoms with van der Waals surface area (Å²) in [6.45, 7) is 2.22. The van der Waals surface area contributed by atoms with Gasteiger partial charge >= 0.3 is 41.5 Å². The van der Waals surface area contributed by atoms with Crippen molar-refractivity contribution in [2.75, 3.05) is 12.0 Å². The molecule has 0 aliphatic heterocycles. The van der Waals surface area contributed by atoms with Crippen molar-refractivity contribution in [3.05, 3.63) is 0 Å². The molecule has 0 radical (unpaired) electrons. The van der Waals surface area contributed by atoms with E-state index < -0.39 is 18.0 Å². The summed E-state index contributed by atoms with van der Waals surface area (Å²) in [5.41, 5.74) is 5.66. The normalized spacial score (nSPS) is 11.6. The molecule has 0 rings (SSSR count). The molecule has 0 aromatic heterocycles. The monoisotopic (exact) mass is 355 g/mol. The van der Waals surface area contributed by atoms with Gasteiger partial charge < -0.3 is 11.9 Å². The molecular weight excluding hydrogens is 321 g/mol. The van der Waals surface area contributed by atoms with Gasteiger partial charge in [0, 0.05) is 6.42 Å². The van der Waals surface area contributed by atoms with E-state index in [1.165, 1.54) is 38.5 Å². The minimum Gasteiger partial charge on any atom is -1.00 e. The fourth-order valence-corrected chi connectivity index (χ4v) is 2.67. The van der Waals surface area contributed by atoms with E-state index in [0.29, 0.717) is 12.8 Å². The maximum atomic E-state index is 11.5. The molecule has 23 heavy (non-hydrogen) atoms. The van der Waals surface area contributed by atoms with Crippen LogP contribution in [0, 0.1) is 0 Å². The average molecular weight is 356 g/mol. The van der Waals surface area contributed by atoms with Gasteiger partial charge in [0.25, 0.3) is 0 Å². The van der Waals surface area contributed by atoms with Crippen molar-refractivity contribution in [1.29, 1.82) is 0 Å². The second kappa shape index (κ2) is 18.8. The molecule has 0 fully saturated rings. The first-order chi connectivity index (χ1) is 10.6. The van der Waals surface area contributed by atoms with E-state index in [-0.39, 0.29) is 31.0 Å². The molecule has 6 heteroatoms. The van der Waals surface area contributed by atoms with Crippen molar-refractivity contribution in [3.8, 4) is 0 Å². The predicted octanol–water partition coefficient (Wildman–Crippen LogP) is 1.17. The molecule has 0 heterocycles. The topological polar surface area (TPSA) is 69.4 Å². The molecule has 0 aromatic carbocycles. The van der Waals surface area contributed by atoms with E-state index >= 15 is 0 Å². The van der Waals surface area contributed by atoms with E-state index in [2.05, 4.69) is 6.92 Å². The summed E-state index contributed by atoms with van der Waals surface area (Å²) < 4.78 is 4.77. The first-order valence-corrected chi connectivity index (χ1v) is 10.00. The Morgan fingerprint density at radius 3 is 2.09 bits per heavy atom. The average Bonchev–Trinajstić information content (AvgIpc) is 2.50. The van der Waals surface area contributed by atoms with Crippen molar-refractivity contribution in [3.63, 3.8) is 0 Å². The van der Waals surface area contributed by atoms with E-state index in [1.807, 2.05) is 6.26 Å². The number of esters is 2. The van der Waals surface area contributed by atoms with Gasteiger partial charge in [-0.3, -0.25) is 4.79 Å². The SMILES string of the molecule is CCCCCCCCCCCC(=O)OC(=O)C(N)CCSC.[H-].[Na+]. The minimum absolute atomic E-state index is 0. The zero-order valence-corrected chi connectivity index (χ0v) is 18.1. The van der Waals surface area contributed by atoms with Crippen LogP contribution in [-0.4, -0.2) is 30.0 Å². The molecule has 0 spiro atoms. The van der Waals surface area contributed by atoms with Crippen LogP contribution in [0.15, 0.2) is 0 Å². The van der Waals surface area contributed by atoms with Crippen LogP contribution in [0.25, 0.3) is 0 Å². The van der Waals surface area contributed by atoms with Crippen LogP contribution in [0.2, 0.25) is 0 Å². The molecule has 0 saturated carbocycles. The van der Waals surface area contributed by atoms with Gasteiger partial charge in [-0.25, -0.2) is 4.79 Å². The van der Waals surface area contributed by atoms with Crippen molar-refractivity contribution in [2.45, 2.75) is 83.6 Å². The van der Waals surface area contributed by atoms with Crippen LogP contribution in [0.4, 0.5) is 0 Å². The maximum Gasteiger partial charge on any atom is 1.00 e. The summed E-state index contributed by atoms with van der Waals surface area (Å²) >= 11 is 1.62. The fourth-order valence-electron chi connectivity index (χ4n) is 2.18. The third-order valence-electron chi connectivity index (χ3n) is 3.63. The minimum atomic E-state index is -0.681. The Morgan fingerprint density at radius 2 is 1.57 bits per heavy atom. The van der Waals surface area contributed by atoms with Crippen molar-refractivity contribution in [2.24, 2.45) is 5.73 Å². The number of unbranched alkanes of at least 4 members (excludes halogenated alkanes) is 8. The molecule has 132 valence electrons. The first kappa shape index (κ1) is 25.7. The van der Waals surface area contributed by atoms with Gasteiger partial charge in [0.1, 0.15) is 6.04 Å². The fraction of sp³-hybridized carbons (Fsp3) is 0.882. The molecule has 4 nitrogen and oxygen atoms in total. The molecule has 0 aliphatic carbocycles. The van der Waals surface area contributed by atoms with Crippen molar-refractivity contribution < 1.29 is 45.3 Å². The van der Waals surface area contributed by atoms with Crippen LogP contribution in [-0.2, 0) is 14.3 Å². The van der Waals surface area contributed by atoms with Gasteiger partial charge in [0.2, 0.25) is 0 Å². The quantitative estimate of drug-likeness (QED) is 0.219. The second-order valence-electron chi connectivity index (χ2n) is 5.76. The molecule has 2 N–H and O–H groups in total. The van der Waals surface area contributed by atoms with Crippen LogP contribution in [0.1, 0.15) is 79.0 Å². The van der Waals surface area contributed by atoms with Gasteiger partial charge in [-0.1, -0.05) is 58.3 Å². The Kier molecular flexibility index (Phi) is 21.0. The summed E-state index contributed by atoms with van der Waals surface area (Å²) in [5, 5.41) is 0. The van der Waals surface area contributed by atoms with E-state index in [0.717, 1.165) is 25.0 Å². The smallest absolute Gasteiger partial charge is 1.00 e. The Labute approximate surface area is 169 Å². The van der Waals surface area contributed by atoms with E-state index in [9.17, 15) is 9.59 Å². The Morgan fingerprint density at radius 1 is 1.04 bits per heavy atom. The second-order valence-corrected chi connectivity index (χ2v) is 6.75. The van der Waals surface area contributed by atoms with Crippen LogP contribution in [0.5, 0.6) is 0 Å². The molecule has 0 aliphatic rings. The number of rotatable bonds is 14. The molecule has 0 amide bonds. The summed E-state index contributed by atoms with van der Waals surface area (Å²) in [4.78, 5) is 23.1. The molecule has 0 aromatic rings. The van der Waals surface area contributed by atoms with Crippen LogP contribution < -0.4 is 35.3 Å². The zero-order valence-electron chi connectivity index (χ0n) is 16.3. The van der Waals surface area contributed by atoms with Crippen molar-refractivity contribution >= 4 is 23.7 Å². The van der Waals surface area contributed by atoms with E-state index in [4.69, 9.17) is 10.5 Å². The molecular formula is C17H34NNaO3S. The molecule has 1 unspecified atom stereocenters. The Balaban J connectivity index is -0.00000220. The van der Waals surface area contributed by atoms with Crippen LogP contribution >= 0.6 is 11.8 Å². The number of hydrogen-bond acceptors (Lipinski definition) is 5. The summed E-state index contributed by atoms with van der Waals surface area (Å²) in [6.07, 6.45) is 13.6. The maximum absolute atomic E-state index is 11.5. The third-order valence-corrected chi connectivity index (χ3v) is 4.28. The first-order valence-electron chi connectivity index (χ1n) is 8.60. The number of hydrogen-bond donors (Lipinski definition) is 1. The van der Waals surface area contributed by atoms with E-state index in [1.54, 1.807) is 11.8 Å². The van der Waals surface area contributed by atoms with Gasteiger partial charge in [-0.05, 0) is 24.9 Å². The Hall–Kier alpha value is 0.450. The third kappa shape index (κ3) is 17.1. The standard InChI is InChI=1S/C17H33NO3S.Na.H/c1-3-4-5-6-7-8-9-10-11-12-16(19)21-17(20)15(18)13-14-22-2;;/h15H,3-14,18H2,1-2H3;;/q;+1;-1. The van der Waals surface area contributed by atoms with Gasteiger partial charge in [0.05, 0.1) is 0 Å². The number of thioether (sulfide) groups is 1. The van der Waals surface area contributed by atoms with Gasteiger partial charge in [0.15, 0.2) is 0 Å². The number of nitrogens with two attached hydrogens (primary N) is 1. The Bertz CT molecular complexity index is 310. The zero-order chi connectivity index (χ0) is 16.6. The molecule has 0 bridgehead atoms. The van der Waals surface area contributed by atoms with Gasteiger partial charge in [-0.15, -0.1) is 0 Å². The summed E-state index contributed by atoms with van der Waals surface area (Å²) in [5.74, 6) is -0.231. The number of carbonyl (C=O) groups is 2. The molecule has 1 atom stereocenters. The number of carbonyl (C=O) groups excluding carboxylic acids is 2. The van der Waals surface area contributed by atoms with Crippen molar-refractivity contribution in [1.82, 2.24) is 0 Å². The summed E-state index contributed by atoms with van der Waals surface area (Å²) in [6, 6.07) is -0.681. The predicted molar refractivity (Wildman–Crippen MR) is 95.0 cm³/mol. The van der Waals surface area contributed by atoms with Gasteiger partial charge in [-0.2, -0.15) is 11.8 Å². The summed E-state index contributed by atoms with van der Waals surface area (Å²) in [7, 11) is 0.